The van der Waals surface area contributed by atoms with Gasteiger partial charge in [-0.05, 0) is 31.9 Å². The van der Waals surface area contributed by atoms with Crippen molar-refractivity contribution in [2.75, 3.05) is 19.6 Å². The van der Waals surface area contributed by atoms with Gasteiger partial charge in [-0.25, -0.2) is 0 Å². The minimum atomic E-state index is 0.643. The van der Waals surface area contributed by atoms with Crippen molar-refractivity contribution in [3.05, 3.63) is 36.0 Å². The summed E-state index contributed by atoms with van der Waals surface area (Å²) in [6.45, 7) is 6.71. The van der Waals surface area contributed by atoms with Gasteiger partial charge in [0.2, 0.25) is 0 Å². The molecule has 2 rings (SSSR count). The maximum atomic E-state index is 5.96. The summed E-state index contributed by atoms with van der Waals surface area (Å²) in [5.74, 6) is 0.643. The van der Waals surface area contributed by atoms with Gasteiger partial charge in [0.15, 0.2) is 5.96 Å². The molecule has 0 aliphatic heterocycles. The van der Waals surface area contributed by atoms with Crippen molar-refractivity contribution >= 4 is 16.9 Å². The Morgan fingerprint density at radius 1 is 1.26 bits per heavy atom. The number of nitrogens with one attached hydrogen (secondary N) is 1. The van der Waals surface area contributed by atoms with Crippen LogP contribution in [0.15, 0.2) is 35.5 Å². The maximum Gasteiger partial charge on any atom is 0.191 e. The smallest absolute Gasteiger partial charge is 0.191 e. The van der Waals surface area contributed by atoms with Crippen molar-refractivity contribution in [2.45, 2.75) is 20.3 Å². The van der Waals surface area contributed by atoms with Crippen LogP contribution in [0.25, 0.3) is 10.9 Å². The summed E-state index contributed by atoms with van der Waals surface area (Å²) in [5.41, 5.74) is 8.44. The molecule has 4 heteroatoms. The summed E-state index contributed by atoms with van der Waals surface area (Å²) in [6, 6.07) is 8.33. The Kier molecular flexibility index (Phi) is 4.44. The number of aromatic amines is 1. The monoisotopic (exact) mass is 258 g/mol. The van der Waals surface area contributed by atoms with Crippen LogP contribution in [0.2, 0.25) is 0 Å². The van der Waals surface area contributed by atoms with Crippen molar-refractivity contribution in [3.63, 3.8) is 0 Å². The number of aliphatic imine (C=N–C) groups is 1. The van der Waals surface area contributed by atoms with E-state index in [1.165, 1.54) is 16.5 Å². The van der Waals surface area contributed by atoms with E-state index in [4.69, 9.17) is 5.73 Å². The van der Waals surface area contributed by atoms with Gasteiger partial charge in [-0.1, -0.05) is 18.2 Å². The van der Waals surface area contributed by atoms with Crippen LogP contribution in [-0.2, 0) is 6.42 Å². The van der Waals surface area contributed by atoms with Crippen LogP contribution < -0.4 is 5.73 Å². The van der Waals surface area contributed by atoms with Crippen molar-refractivity contribution in [2.24, 2.45) is 10.7 Å². The molecule has 1 heterocycles. The minimum absolute atomic E-state index is 0.643. The quantitative estimate of drug-likeness (QED) is 0.639. The van der Waals surface area contributed by atoms with Gasteiger partial charge in [-0.2, -0.15) is 0 Å². The van der Waals surface area contributed by atoms with E-state index in [-0.39, 0.29) is 0 Å². The van der Waals surface area contributed by atoms with E-state index >= 15 is 0 Å². The highest BCUT2D eigenvalue weighted by atomic mass is 15.2. The van der Waals surface area contributed by atoms with E-state index in [9.17, 15) is 0 Å². The summed E-state index contributed by atoms with van der Waals surface area (Å²) in [4.78, 5) is 9.80. The lowest BCUT2D eigenvalue weighted by Crippen LogP contribution is -2.37. The van der Waals surface area contributed by atoms with E-state index in [1.54, 1.807) is 0 Å². The van der Waals surface area contributed by atoms with Crippen LogP contribution in [0.4, 0.5) is 0 Å². The highest BCUT2D eigenvalue weighted by molar-refractivity contribution is 5.83. The first-order valence-corrected chi connectivity index (χ1v) is 6.86. The standard InChI is InChI=1S/C15H22N4/c1-3-19(4-2)15(16)17-10-9-12-11-18-14-8-6-5-7-13(12)14/h5-8,11,18H,3-4,9-10H2,1-2H3,(H2,16,17). The minimum Gasteiger partial charge on any atom is -0.370 e. The fourth-order valence-electron chi connectivity index (χ4n) is 2.28. The summed E-state index contributed by atoms with van der Waals surface area (Å²) >= 11 is 0. The van der Waals surface area contributed by atoms with Gasteiger partial charge in [-0.15, -0.1) is 0 Å². The normalized spacial score (nSPS) is 12.0. The van der Waals surface area contributed by atoms with Crippen LogP contribution in [-0.4, -0.2) is 35.5 Å². The fourth-order valence-corrected chi connectivity index (χ4v) is 2.28. The van der Waals surface area contributed by atoms with Crippen LogP contribution in [0.1, 0.15) is 19.4 Å². The van der Waals surface area contributed by atoms with Crippen LogP contribution in [0.5, 0.6) is 0 Å². The van der Waals surface area contributed by atoms with Crippen LogP contribution in [0, 0.1) is 0 Å². The third-order valence-corrected chi connectivity index (χ3v) is 3.42. The molecule has 0 amide bonds. The topological polar surface area (TPSA) is 57.4 Å². The first-order valence-electron chi connectivity index (χ1n) is 6.86. The Bertz CT molecular complexity index is 552. The Labute approximate surface area is 114 Å². The van der Waals surface area contributed by atoms with Gasteiger partial charge >= 0.3 is 0 Å². The highest BCUT2D eigenvalue weighted by Crippen LogP contribution is 2.17. The molecule has 0 bridgehead atoms. The van der Waals surface area contributed by atoms with E-state index in [1.807, 2.05) is 6.07 Å². The molecule has 1 aromatic heterocycles. The molecule has 0 saturated carbocycles. The fraction of sp³-hybridized carbons (Fsp3) is 0.400. The molecular weight excluding hydrogens is 236 g/mol. The average Bonchev–Trinajstić information content (AvgIpc) is 2.84. The number of hydrogen-bond donors (Lipinski definition) is 2. The Balaban J connectivity index is 2.01. The second kappa shape index (κ2) is 6.27. The van der Waals surface area contributed by atoms with E-state index in [0.717, 1.165) is 26.1 Å². The molecule has 102 valence electrons. The molecule has 0 unspecified atom stereocenters. The van der Waals surface area contributed by atoms with Gasteiger partial charge in [0.05, 0.1) is 0 Å². The first kappa shape index (κ1) is 13.5. The summed E-state index contributed by atoms with van der Waals surface area (Å²) in [7, 11) is 0. The SMILES string of the molecule is CCN(CC)C(N)=NCCc1c[nH]c2ccccc12. The molecular formula is C15H22N4. The lowest BCUT2D eigenvalue weighted by Gasteiger charge is -2.19. The number of H-pyrrole nitrogens is 1. The third kappa shape index (κ3) is 3.08. The number of hydrogen-bond acceptors (Lipinski definition) is 1. The Morgan fingerprint density at radius 3 is 2.74 bits per heavy atom. The Hall–Kier alpha value is -1.97. The largest absolute Gasteiger partial charge is 0.370 e. The first-order chi connectivity index (χ1) is 9.26. The average molecular weight is 258 g/mol. The molecule has 1 aromatic carbocycles. The summed E-state index contributed by atoms with van der Waals surface area (Å²) in [5, 5.41) is 1.28. The van der Waals surface area contributed by atoms with Crippen LogP contribution >= 0.6 is 0 Å². The van der Waals surface area contributed by atoms with Gasteiger partial charge in [-0.3, -0.25) is 4.99 Å². The number of nitrogens with two attached hydrogens (primary N) is 1. The highest BCUT2D eigenvalue weighted by Gasteiger charge is 2.04. The molecule has 19 heavy (non-hydrogen) atoms. The molecule has 3 N–H and O–H groups in total. The third-order valence-electron chi connectivity index (χ3n) is 3.42. The molecule has 0 fully saturated rings. The van der Waals surface area contributed by atoms with Crippen molar-refractivity contribution in [3.8, 4) is 0 Å². The maximum absolute atomic E-state index is 5.96. The van der Waals surface area contributed by atoms with Crippen molar-refractivity contribution < 1.29 is 0 Å². The number of fused-ring (bicyclic) bond motifs is 1. The second-order valence-corrected chi connectivity index (χ2v) is 4.52. The Morgan fingerprint density at radius 2 is 2.00 bits per heavy atom. The molecule has 0 aliphatic carbocycles. The second-order valence-electron chi connectivity index (χ2n) is 4.52. The van der Waals surface area contributed by atoms with E-state index in [0.29, 0.717) is 5.96 Å². The number of rotatable bonds is 5. The van der Waals surface area contributed by atoms with Crippen molar-refractivity contribution in [1.29, 1.82) is 0 Å². The summed E-state index contributed by atoms with van der Waals surface area (Å²) in [6.07, 6.45) is 2.97. The van der Waals surface area contributed by atoms with Gasteiger partial charge in [0.25, 0.3) is 0 Å². The number of nitrogens with zero attached hydrogens (tertiary/aromatic N) is 2. The molecule has 2 aromatic rings. The molecule has 0 radical (unpaired) electrons. The predicted molar refractivity (Wildman–Crippen MR) is 81.4 cm³/mol. The van der Waals surface area contributed by atoms with E-state index in [2.05, 4.69) is 53.1 Å². The zero-order valence-electron chi connectivity index (χ0n) is 11.7. The molecule has 0 aliphatic rings. The summed E-state index contributed by atoms with van der Waals surface area (Å²) < 4.78 is 0. The number of para-hydroxylation sites is 1. The molecule has 0 atom stereocenters. The zero-order chi connectivity index (χ0) is 13.7. The van der Waals surface area contributed by atoms with Gasteiger partial charge in [0.1, 0.15) is 0 Å². The van der Waals surface area contributed by atoms with E-state index < -0.39 is 0 Å². The lowest BCUT2D eigenvalue weighted by molar-refractivity contribution is 0.458. The number of aromatic nitrogens is 1. The van der Waals surface area contributed by atoms with Crippen molar-refractivity contribution in [1.82, 2.24) is 9.88 Å². The van der Waals surface area contributed by atoms with Crippen LogP contribution in [0.3, 0.4) is 0 Å². The molecule has 4 nitrogen and oxygen atoms in total. The lowest BCUT2D eigenvalue weighted by atomic mass is 10.1. The zero-order valence-corrected chi connectivity index (χ0v) is 11.7. The van der Waals surface area contributed by atoms with Gasteiger partial charge in [0, 0.05) is 36.7 Å². The molecule has 0 spiro atoms. The van der Waals surface area contributed by atoms with Gasteiger partial charge < -0.3 is 15.6 Å². The predicted octanol–water partition coefficient (Wildman–Crippen LogP) is 2.37. The molecule has 0 saturated heterocycles. The number of benzene rings is 1. The number of guanidine groups is 1.